The second-order valence-corrected chi connectivity index (χ2v) is 4.65. The standard InChI is InChI=1S/C16H12O5/c17-13(4-5-16(18)19)15-8-10(9-21-15)11-2-1-3-14-12(11)6-7-20-14/h1-3,6-9H,4-5H2,(H,18,19). The highest BCUT2D eigenvalue weighted by molar-refractivity contribution is 5.98. The van der Waals surface area contributed by atoms with Gasteiger partial charge in [-0.25, -0.2) is 0 Å². The normalized spacial score (nSPS) is 10.9. The molecule has 1 aromatic carbocycles. The van der Waals surface area contributed by atoms with Gasteiger partial charge < -0.3 is 13.9 Å². The van der Waals surface area contributed by atoms with E-state index in [-0.39, 0.29) is 24.4 Å². The van der Waals surface area contributed by atoms with Crippen molar-refractivity contribution in [2.24, 2.45) is 0 Å². The maximum atomic E-state index is 11.8. The molecule has 0 spiro atoms. The Morgan fingerprint density at radius 3 is 2.76 bits per heavy atom. The van der Waals surface area contributed by atoms with E-state index < -0.39 is 5.97 Å². The lowest BCUT2D eigenvalue weighted by atomic mass is 10.0. The number of carboxylic acids is 1. The molecule has 0 saturated carbocycles. The van der Waals surface area contributed by atoms with Gasteiger partial charge in [0.15, 0.2) is 11.5 Å². The Bertz CT molecular complexity index is 809. The van der Waals surface area contributed by atoms with Gasteiger partial charge in [0.2, 0.25) is 0 Å². The zero-order valence-electron chi connectivity index (χ0n) is 11.0. The fourth-order valence-corrected chi connectivity index (χ4v) is 2.21. The molecule has 0 saturated heterocycles. The van der Waals surface area contributed by atoms with Crippen LogP contribution >= 0.6 is 0 Å². The SMILES string of the molecule is O=C(O)CCC(=O)c1cc(-c2cccc3occc23)co1. The first-order valence-electron chi connectivity index (χ1n) is 6.45. The summed E-state index contributed by atoms with van der Waals surface area (Å²) in [5, 5.41) is 9.53. The number of carbonyl (C=O) groups is 2. The van der Waals surface area contributed by atoms with Crippen LogP contribution in [0.1, 0.15) is 23.4 Å². The molecule has 0 aliphatic carbocycles. The van der Waals surface area contributed by atoms with Crippen LogP contribution in [0, 0.1) is 0 Å². The summed E-state index contributed by atoms with van der Waals surface area (Å²) in [6.45, 7) is 0. The van der Waals surface area contributed by atoms with Crippen LogP contribution in [0.15, 0.2) is 51.7 Å². The summed E-state index contributed by atoms with van der Waals surface area (Å²) >= 11 is 0. The fourth-order valence-electron chi connectivity index (χ4n) is 2.21. The van der Waals surface area contributed by atoms with E-state index in [2.05, 4.69) is 0 Å². The molecule has 106 valence electrons. The number of benzene rings is 1. The number of Topliss-reactive ketones (excluding diaryl/α,β-unsaturated/α-hetero) is 1. The van der Waals surface area contributed by atoms with Gasteiger partial charge in [-0.2, -0.15) is 0 Å². The zero-order chi connectivity index (χ0) is 14.8. The highest BCUT2D eigenvalue weighted by Crippen LogP contribution is 2.30. The van der Waals surface area contributed by atoms with Crippen molar-refractivity contribution in [3.05, 3.63) is 48.6 Å². The van der Waals surface area contributed by atoms with Gasteiger partial charge in [0, 0.05) is 17.4 Å². The third-order valence-corrected chi connectivity index (χ3v) is 3.25. The molecule has 2 heterocycles. The fraction of sp³-hybridized carbons (Fsp3) is 0.125. The Morgan fingerprint density at radius 1 is 1.10 bits per heavy atom. The van der Waals surface area contributed by atoms with Crippen LogP contribution < -0.4 is 0 Å². The topological polar surface area (TPSA) is 80.6 Å². The minimum Gasteiger partial charge on any atom is -0.481 e. The summed E-state index contributed by atoms with van der Waals surface area (Å²) in [5.41, 5.74) is 2.43. The van der Waals surface area contributed by atoms with E-state index >= 15 is 0 Å². The summed E-state index contributed by atoms with van der Waals surface area (Å²) in [4.78, 5) is 22.3. The van der Waals surface area contributed by atoms with Crippen LogP contribution in [0.4, 0.5) is 0 Å². The van der Waals surface area contributed by atoms with Crippen molar-refractivity contribution in [3.8, 4) is 11.1 Å². The zero-order valence-corrected chi connectivity index (χ0v) is 11.0. The van der Waals surface area contributed by atoms with E-state index in [1.165, 1.54) is 6.26 Å². The Kier molecular flexibility index (Phi) is 3.31. The van der Waals surface area contributed by atoms with Gasteiger partial charge in [0.1, 0.15) is 5.58 Å². The van der Waals surface area contributed by atoms with Gasteiger partial charge in [-0.05, 0) is 23.8 Å². The van der Waals surface area contributed by atoms with Gasteiger partial charge in [-0.3, -0.25) is 9.59 Å². The number of carbonyl (C=O) groups excluding carboxylic acids is 1. The second-order valence-electron chi connectivity index (χ2n) is 4.65. The van der Waals surface area contributed by atoms with Crippen molar-refractivity contribution in [2.75, 3.05) is 0 Å². The molecule has 3 rings (SSSR count). The molecule has 0 atom stereocenters. The van der Waals surface area contributed by atoms with Crippen LogP contribution in [-0.4, -0.2) is 16.9 Å². The minimum absolute atomic E-state index is 0.0712. The number of carboxylic acid groups (broad SMARTS) is 1. The van der Waals surface area contributed by atoms with Gasteiger partial charge in [0.25, 0.3) is 0 Å². The number of hydrogen-bond donors (Lipinski definition) is 1. The van der Waals surface area contributed by atoms with E-state index in [1.807, 2.05) is 24.3 Å². The third kappa shape index (κ3) is 2.58. The minimum atomic E-state index is -1.00. The lowest BCUT2D eigenvalue weighted by Crippen LogP contribution is -2.02. The molecule has 0 radical (unpaired) electrons. The number of ketones is 1. The lowest BCUT2D eigenvalue weighted by Gasteiger charge is -1.97. The molecule has 5 heteroatoms. The maximum absolute atomic E-state index is 11.8. The average molecular weight is 284 g/mol. The van der Waals surface area contributed by atoms with Crippen molar-refractivity contribution in [1.29, 1.82) is 0 Å². The number of aliphatic carboxylic acids is 1. The van der Waals surface area contributed by atoms with Crippen molar-refractivity contribution in [1.82, 2.24) is 0 Å². The molecular weight excluding hydrogens is 272 g/mol. The van der Waals surface area contributed by atoms with Crippen molar-refractivity contribution in [2.45, 2.75) is 12.8 Å². The molecule has 5 nitrogen and oxygen atoms in total. The first-order chi connectivity index (χ1) is 10.1. The number of fused-ring (bicyclic) bond motifs is 1. The van der Waals surface area contributed by atoms with Gasteiger partial charge in [-0.15, -0.1) is 0 Å². The van der Waals surface area contributed by atoms with Crippen LogP contribution in [0.3, 0.4) is 0 Å². The first-order valence-corrected chi connectivity index (χ1v) is 6.45. The van der Waals surface area contributed by atoms with E-state index in [0.29, 0.717) is 0 Å². The lowest BCUT2D eigenvalue weighted by molar-refractivity contribution is -0.136. The van der Waals surface area contributed by atoms with Crippen LogP contribution in [0.5, 0.6) is 0 Å². The summed E-state index contributed by atoms with van der Waals surface area (Å²) in [5.74, 6) is -1.15. The van der Waals surface area contributed by atoms with Gasteiger partial charge >= 0.3 is 5.97 Å². The average Bonchev–Trinajstić information content (AvgIpc) is 3.12. The second kappa shape index (κ2) is 5.28. The molecule has 0 amide bonds. The van der Waals surface area contributed by atoms with Crippen LogP contribution in [0.25, 0.3) is 22.1 Å². The molecule has 0 aliphatic rings. The Hall–Kier alpha value is -2.82. The van der Waals surface area contributed by atoms with E-state index in [1.54, 1.807) is 12.3 Å². The van der Waals surface area contributed by atoms with Gasteiger partial charge in [0.05, 0.1) is 18.9 Å². The molecule has 0 fully saturated rings. The number of furan rings is 2. The third-order valence-electron chi connectivity index (χ3n) is 3.25. The largest absolute Gasteiger partial charge is 0.481 e. The Morgan fingerprint density at radius 2 is 1.95 bits per heavy atom. The summed E-state index contributed by atoms with van der Waals surface area (Å²) in [6, 6.07) is 9.11. The Balaban J connectivity index is 1.89. The molecule has 1 N–H and O–H groups in total. The quantitative estimate of drug-likeness (QED) is 0.722. The summed E-state index contributed by atoms with van der Waals surface area (Å²) in [6.07, 6.45) is 2.83. The molecule has 21 heavy (non-hydrogen) atoms. The van der Waals surface area contributed by atoms with Crippen molar-refractivity contribution >= 4 is 22.7 Å². The van der Waals surface area contributed by atoms with Crippen LogP contribution in [0.2, 0.25) is 0 Å². The summed E-state index contributed by atoms with van der Waals surface area (Å²) in [7, 11) is 0. The van der Waals surface area contributed by atoms with Crippen LogP contribution in [-0.2, 0) is 4.79 Å². The predicted octanol–water partition coefficient (Wildman–Crippen LogP) is 3.74. The van der Waals surface area contributed by atoms with E-state index in [4.69, 9.17) is 13.9 Å². The van der Waals surface area contributed by atoms with E-state index in [0.717, 1.165) is 22.1 Å². The molecule has 3 aromatic rings. The maximum Gasteiger partial charge on any atom is 0.303 e. The molecule has 0 aliphatic heterocycles. The number of rotatable bonds is 5. The number of hydrogen-bond acceptors (Lipinski definition) is 4. The molecule has 2 aromatic heterocycles. The summed E-state index contributed by atoms with van der Waals surface area (Å²) < 4.78 is 10.6. The molecule has 0 bridgehead atoms. The van der Waals surface area contributed by atoms with Crippen molar-refractivity contribution in [3.63, 3.8) is 0 Å². The van der Waals surface area contributed by atoms with Gasteiger partial charge in [-0.1, -0.05) is 12.1 Å². The highest BCUT2D eigenvalue weighted by atomic mass is 16.4. The van der Waals surface area contributed by atoms with E-state index in [9.17, 15) is 9.59 Å². The predicted molar refractivity (Wildman–Crippen MR) is 75.1 cm³/mol. The highest BCUT2D eigenvalue weighted by Gasteiger charge is 2.15. The smallest absolute Gasteiger partial charge is 0.303 e. The monoisotopic (exact) mass is 284 g/mol. The molecule has 0 unspecified atom stereocenters. The molecular formula is C16H12O5. The van der Waals surface area contributed by atoms with Crippen molar-refractivity contribution < 1.29 is 23.5 Å². The first kappa shape index (κ1) is 13.2. The Labute approximate surface area is 119 Å².